The van der Waals surface area contributed by atoms with Gasteiger partial charge >= 0.3 is 6.18 Å². The SMILES string of the molecule is OCc1ccc(-c2noc(-c3cn4cc(C(F)(F)F)cc(Cl)c4n3)n2)c(Cl)c1. The van der Waals surface area contributed by atoms with Crippen LogP contribution in [0.3, 0.4) is 0 Å². The molecule has 1 aromatic carbocycles. The molecule has 144 valence electrons. The van der Waals surface area contributed by atoms with E-state index in [1.165, 1.54) is 6.20 Å². The topological polar surface area (TPSA) is 76.5 Å². The largest absolute Gasteiger partial charge is 0.417 e. The Bertz CT molecular complexity index is 1190. The number of hydrogen-bond donors (Lipinski definition) is 1. The van der Waals surface area contributed by atoms with Crippen LogP contribution in [-0.4, -0.2) is 24.6 Å². The average Bonchev–Trinajstić information content (AvgIpc) is 3.27. The lowest BCUT2D eigenvalue weighted by molar-refractivity contribution is -0.137. The summed E-state index contributed by atoms with van der Waals surface area (Å²) in [7, 11) is 0. The summed E-state index contributed by atoms with van der Waals surface area (Å²) >= 11 is 12.1. The number of aliphatic hydroxyl groups is 1. The molecule has 0 amide bonds. The third-order valence-corrected chi connectivity index (χ3v) is 4.53. The van der Waals surface area contributed by atoms with Crippen LogP contribution in [0.15, 0.2) is 41.2 Å². The normalized spacial score (nSPS) is 12.1. The highest BCUT2D eigenvalue weighted by atomic mass is 35.5. The Morgan fingerprint density at radius 1 is 1.07 bits per heavy atom. The molecule has 1 N–H and O–H groups in total. The van der Waals surface area contributed by atoms with E-state index in [4.69, 9.17) is 32.8 Å². The Labute approximate surface area is 165 Å². The summed E-state index contributed by atoms with van der Waals surface area (Å²) in [5.41, 5.74) is 0.455. The van der Waals surface area contributed by atoms with Gasteiger partial charge < -0.3 is 14.0 Å². The number of aromatic nitrogens is 4. The Balaban J connectivity index is 1.75. The zero-order chi connectivity index (χ0) is 20.1. The van der Waals surface area contributed by atoms with Gasteiger partial charge in [-0.05, 0) is 23.8 Å². The summed E-state index contributed by atoms with van der Waals surface area (Å²) < 4.78 is 45.2. The maximum absolute atomic E-state index is 12.9. The van der Waals surface area contributed by atoms with Crippen molar-refractivity contribution < 1.29 is 22.8 Å². The van der Waals surface area contributed by atoms with Crippen molar-refractivity contribution in [3.8, 4) is 23.0 Å². The van der Waals surface area contributed by atoms with Crippen molar-refractivity contribution in [1.29, 1.82) is 0 Å². The van der Waals surface area contributed by atoms with Gasteiger partial charge in [0, 0.05) is 18.0 Å². The van der Waals surface area contributed by atoms with Crippen molar-refractivity contribution in [1.82, 2.24) is 19.5 Å². The maximum atomic E-state index is 12.9. The third-order valence-electron chi connectivity index (χ3n) is 3.94. The van der Waals surface area contributed by atoms with E-state index in [2.05, 4.69) is 15.1 Å². The Kier molecular flexibility index (Phi) is 4.53. The molecule has 3 aromatic heterocycles. The van der Waals surface area contributed by atoms with Crippen LogP contribution in [0.2, 0.25) is 10.0 Å². The van der Waals surface area contributed by atoms with E-state index in [1.807, 2.05) is 0 Å². The quantitative estimate of drug-likeness (QED) is 0.503. The predicted octanol–water partition coefficient (Wildman–Crippen LogP) is 4.87. The number of fused-ring (bicyclic) bond motifs is 1. The lowest BCUT2D eigenvalue weighted by Gasteiger charge is -2.07. The molecule has 4 rings (SSSR count). The number of imidazole rings is 1. The highest BCUT2D eigenvalue weighted by molar-refractivity contribution is 6.33. The summed E-state index contributed by atoms with van der Waals surface area (Å²) in [6.07, 6.45) is -2.36. The molecule has 11 heteroatoms. The zero-order valence-corrected chi connectivity index (χ0v) is 15.2. The summed E-state index contributed by atoms with van der Waals surface area (Å²) in [5, 5.41) is 13.1. The lowest BCUT2D eigenvalue weighted by atomic mass is 10.1. The first-order valence-corrected chi connectivity index (χ1v) is 8.51. The predicted molar refractivity (Wildman–Crippen MR) is 94.9 cm³/mol. The molecule has 0 saturated heterocycles. The molecular weight excluding hydrogens is 420 g/mol. The van der Waals surface area contributed by atoms with Crippen molar-refractivity contribution in [3.05, 3.63) is 57.8 Å². The Morgan fingerprint density at radius 3 is 2.54 bits per heavy atom. The second-order valence-electron chi connectivity index (χ2n) is 5.83. The second kappa shape index (κ2) is 6.77. The van der Waals surface area contributed by atoms with Gasteiger partial charge in [0.1, 0.15) is 5.69 Å². The number of pyridine rings is 1. The minimum absolute atomic E-state index is 0.00868. The minimum Gasteiger partial charge on any atom is -0.392 e. The molecule has 0 radical (unpaired) electrons. The fourth-order valence-electron chi connectivity index (χ4n) is 2.59. The number of benzene rings is 1. The zero-order valence-electron chi connectivity index (χ0n) is 13.7. The number of rotatable bonds is 3. The van der Waals surface area contributed by atoms with Crippen LogP contribution >= 0.6 is 23.2 Å². The van der Waals surface area contributed by atoms with Gasteiger partial charge in [0.2, 0.25) is 5.82 Å². The molecule has 0 aliphatic carbocycles. The van der Waals surface area contributed by atoms with Crippen LogP contribution in [0.25, 0.3) is 28.6 Å². The van der Waals surface area contributed by atoms with Gasteiger partial charge in [-0.2, -0.15) is 18.2 Å². The molecule has 0 fully saturated rings. The molecule has 0 unspecified atom stereocenters. The van der Waals surface area contributed by atoms with Gasteiger partial charge in [0.05, 0.1) is 22.2 Å². The summed E-state index contributed by atoms with van der Waals surface area (Å²) in [6, 6.07) is 5.64. The minimum atomic E-state index is -4.54. The van der Waals surface area contributed by atoms with Crippen molar-refractivity contribution in [2.45, 2.75) is 12.8 Å². The number of hydrogen-bond acceptors (Lipinski definition) is 5. The molecule has 0 aliphatic rings. The number of halogens is 5. The number of alkyl halides is 3. The van der Waals surface area contributed by atoms with Gasteiger partial charge in [-0.3, -0.25) is 0 Å². The molecule has 3 heterocycles. The first-order valence-electron chi connectivity index (χ1n) is 7.75. The molecule has 0 bridgehead atoms. The van der Waals surface area contributed by atoms with Gasteiger partial charge in [-0.1, -0.05) is 34.4 Å². The summed E-state index contributed by atoms with van der Waals surface area (Å²) in [4.78, 5) is 8.36. The summed E-state index contributed by atoms with van der Waals surface area (Å²) in [5.74, 6) is 0.161. The van der Waals surface area contributed by atoms with Crippen molar-refractivity contribution >= 4 is 28.8 Å². The fraction of sp³-hybridized carbons (Fsp3) is 0.118. The van der Waals surface area contributed by atoms with E-state index in [1.54, 1.807) is 18.2 Å². The van der Waals surface area contributed by atoms with E-state index in [0.29, 0.717) is 16.1 Å². The monoisotopic (exact) mass is 428 g/mol. The van der Waals surface area contributed by atoms with Crippen molar-refractivity contribution in [2.24, 2.45) is 0 Å². The van der Waals surface area contributed by atoms with E-state index in [9.17, 15) is 13.2 Å². The fourth-order valence-corrected chi connectivity index (χ4v) is 3.14. The van der Waals surface area contributed by atoms with E-state index in [0.717, 1.165) is 16.7 Å². The first kappa shape index (κ1) is 18.7. The van der Waals surface area contributed by atoms with Crippen molar-refractivity contribution in [3.63, 3.8) is 0 Å². The smallest absolute Gasteiger partial charge is 0.392 e. The van der Waals surface area contributed by atoms with Crippen LogP contribution < -0.4 is 0 Å². The first-order chi connectivity index (χ1) is 13.3. The molecule has 0 saturated carbocycles. The van der Waals surface area contributed by atoms with Gasteiger partial charge in [0.25, 0.3) is 5.89 Å². The number of nitrogens with zero attached hydrogens (tertiary/aromatic N) is 4. The van der Waals surface area contributed by atoms with Crippen LogP contribution in [0.5, 0.6) is 0 Å². The van der Waals surface area contributed by atoms with Crippen LogP contribution in [0, 0.1) is 0 Å². The van der Waals surface area contributed by atoms with Gasteiger partial charge in [-0.15, -0.1) is 0 Å². The molecule has 6 nitrogen and oxygen atoms in total. The second-order valence-corrected chi connectivity index (χ2v) is 6.64. The molecule has 0 atom stereocenters. The van der Waals surface area contributed by atoms with Crippen molar-refractivity contribution in [2.75, 3.05) is 0 Å². The molecular formula is C17H9Cl2F3N4O2. The number of aliphatic hydroxyl groups excluding tert-OH is 1. The Morgan fingerprint density at radius 2 is 1.86 bits per heavy atom. The highest BCUT2D eigenvalue weighted by Gasteiger charge is 2.32. The standard InChI is InChI=1S/C17H9Cl2F3N4O2/c18-11-3-8(7-27)1-2-10(11)14-24-16(28-25-14)13-6-26-5-9(17(20,21)22)4-12(19)15(26)23-13/h1-6,27H,7H2. The van der Waals surface area contributed by atoms with Crippen LogP contribution in [0.1, 0.15) is 11.1 Å². The summed E-state index contributed by atoms with van der Waals surface area (Å²) in [6.45, 7) is -0.167. The third kappa shape index (κ3) is 3.32. The van der Waals surface area contributed by atoms with E-state index >= 15 is 0 Å². The highest BCUT2D eigenvalue weighted by Crippen LogP contribution is 2.33. The van der Waals surface area contributed by atoms with E-state index in [-0.39, 0.29) is 34.7 Å². The van der Waals surface area contributed by atoms with Crippen LogP contribution in [-0.2, 0) is 12.8 Å². The molecule has 28 heavy (non-hydrogen) atoms. The molecule has 0 aliphatic heterocycles. The Hall–Kier alpha value is -2.62. The van der Waals surface area contributed by atoms with Gasteiger partial charge in [0.15, 0.2) is 5.65 Å². The molecule has 0 spiro atoms. The maximum Gasteiger partial charge on any atom is 0.417 e. The van der Waals surface area contributed by atoms with E-state index < -0.39 is 11.7 Å². The average molecular weight is 429 g/mol. The van der Waals surface area contributed by atoms with Crippen LogP contribution in [0.4, 0.5) is 13.2 Å². The lowest BCUT2D eigenvalue weighted by Crippen LogP contribution is -2.06. The molecule has 4 aromatic rings. The van der Waals surface area contributed by atoms with Gasteiger partial charge in [-0.25, -0.2) is 4.98 Å².